The monoisotopic (exact) mass is 445 g/mol. The van der Waals surface area contributed by atoms with Crippen molar-refractivity contribution >= 4 is 34.6 Å². The summed E-state index contributed by atoms with van der Waals surface area (Å²) in [5.74, 6) is 5.09. The van der Waals surface area contributed by atoms with E-state index in [-0.39, 0.29) is 0 Å². The Bertz CT molecular complexity index is 1120. The molecule has 0 fully saturated rings. The molecule has 3 heteroatoms. The molecule has 1 heterocycles. The zero-order chi connectivity index (χ0) is 20.9. The Kier molecular flexibility index (Phi) is 4.94. The third-order valence-electron chi connectivity index (χ3n) is 6.34. The van der Waals surface area contributed by atoms with Crippen LogP contribution in [0, 0.1) is 6.92 Å². The second kappa shape index (κ2) is 7.17. The minimum absolute atomic E-state index is 1.29. The van der Waals surface area contributed by atoms with Crippen molar-refractivity contribution in [2.45, 2.75) is 18.4 Å². The topological polar surface area (TPSA) is 6.25 Å². The Hall–Kier alpha value is -2.33. The first kappa shape index (κ1) is 20.0. The maximum absolute atomic E-state index is 2.55. The van der Waals surface area contributed by atoms with Crippen LogP contribution in [0.15, 0.2) is 70.7 Å². The molecule has 0 N–H and O–H groups in total. The van der Waals surface area contributed by atoms with Gasteiger partial charge in [0, 0.05) is 0 Å². The number of fused-ring (bicyclic) bond motifs is 2. The first-order valence-corrected chi connectivity index (χ1v) is 16.6. The molecule has 2 aromatic carbocycles. The van der Waals surface area contributed by atoms with E-state index in [0.717, 1.165) is 0 Å². The Morgan fingerprint density at radius 1 is 0.897 bits per heavy atom. The third-order valence-corrected chi connectivity index (χ3v) is 13.7. The molecule has 148 valence electrons. The van der Waals surface area contributed by atoms with Crippen LogP contribution in [0.5, 0.6) is 0 Å². The van der Waals surface area contributed by atoms with Gasteiger partial charge in [-0.2, -0.15) is 0 Å². The molecule has 2 nitrogen and oxygen atoms in total. The zero-order valence-electron chi connectivity index (χ0n) is 18.7. The van der Waals surface area contributed by atoms with Gasteiger partial charge in [0.25, 0.3) is 0 Å². The molecule has 2 aromatic rings. The molecule has 2 aliphatic rings. The predicted octanol–water partition coefficient (Wildman–Crippen LogP) is 4.54. The summed E-state index contributed by atoms with van der Waals surface area (Å²) in [7, 11) is 8.53. The molecule has 0 spiro atoms. The molecule has 0 aromatic heterocycles. The number of rotatable bonds is 2. The molecule has 0 unspecified atom stereocenters. The first-order chi connectivity index (χ1) is 13.7. The van der Waals surface area contributed by atoms with E-state index >= 15 is 0 Å². The van der Waals surface area contributed by atoms with Crippen LogP contribution in [0.4, 0.5) is 5.69 Å². The maximum atomic E-state index is 2.55. The van der Waals surface area contributed by atoms with Crippen LogP contribution in [-0.2, 0) is 0 Å². The van der Waals surface area contributed by atoms with Crippen molar-refractivity contribution in [2.24, 2.45) is 0 Å². The van der Waals surface area contributed by atoms with Gasteiger partial charge < -0.3 is 0 Å². The normalized spacial score (nSPS) is 16.9. The van der Waals surface area contributed by atoms with Gasteiger partial charge in [-0.05, 0) is 0 Å². The number of benzene rings is 2. The van der Waals surface area contributed by atoms with E-state index in [1.807, 2.05) is 0 Å². The van der Waals surface area contributed by atoms with Gasteiger partial charge in [0.1, 0.15) is 0 Å². The van der Waals surface area contributed by atoms with Crippen LogP contribution in [0.25, 0.3) is 5.57 Å². The molecule has 29 heavy (non-hydrogen) atoms. The Labute approximate surface area is 177 Å². The van der Waals surface area contributed by atoms with Gasteiger partial charge in [-0.3, -0.25) is 0 Å². The molecule has 0 bridgehead atoms. The molecule has 0 radical (unpaired) electrons. The fourth-order valence-corrected chi connectivity index (χ4v) is 11.0. The number of allylic oxidation sites excluding steroid dienone is 5. The van der Waals surface area contributed by atoms with E-state index in [2.05, 4.69) is 117 Å². The van der Waals surface area contributed by atoms with Crippen LogP contribution >= 0.6 is 0 Å². The Balaban J connectivity index is 2.11. The van der Waals surface area contributed by atoms with Crippen LogP contribution in [-0.4, -0.2) is 51.7 Å². The Morgan fingerprint density at radius 2 is 1.62 bits per heavy atom. The van der Waals surface area contributed by atoms with Crippen molar-refractivity contribution in [1.82, 2.24) is 0 Å². The van der Waals surface area contributed by atoms with Gasteiger partial charge in [0.05, 0.1) is 0 Å². The molecule has 0 saturated carbocycles. The summed E-state index contributed by atoms with van der Waals surface area (Å²) in [6.45, 7) is 2.23. The van der Waals surface area contributed by atoms with Gasteiger partial charge in [-0.15, -0.1) is 0 Å². The molecule has 0 amide bonds. The summed E-state index contributed by atoms with van der Waals surface area (Å²) < 4.78 is 5.38. The van der Waals surface area contributed by atoms with E-state index in [1.54, 1.807) is 8.80 Å². The molecule has 0 saturated heterocycles. The van der Waals surface area contributed by atoms with E-state index < -0.39 is 13.3 Å². The van der Waals surface area contributed by atoms with Gasteiger partial charge in [0.2, 0.25) is 0 Å². The summed E-state index contributed by atoms with van der Waals surface area (Å²) >= 11 is -2.47. The molecular weight excluding hydrogens is 413 g/mol. The summed E-state index contributed by atoms with van der Waals surface area (Å²) in [6.07, 6.45) is 7.09. The van der Waals surface area contributed by atoms with E-state index in [9.17, 15) is 0 Å². The molecular formula is C26H31GeN2+. The van der Waals surface area contributed by atoms with Crippen molar-refractivity contribution in [3.8, 4) is 0 Å². The average molecular weight is 444 g/mol. The number of hydrogen-bond donors (Lipinski definition) is 0. The summed E-state index contributed by atoms with van der Waals surface area (Å²) in [5, 5.41) is 0. The third kappa shape index (κ3) is 3.24. The fourth-order valence-electron chi connectivity index (χ4n) is 4.52. The predicted molar refractivity (Wildman–Crippen MR) is 129 cm³/mol. The van der Waals surface area contributed by atoms with Gasteiger partial charge in [-0.1, -0.05) is 0 Å². The van der Waals surface area contributed by atoms with Crippen molar-refractivity contribution in [1.29, 1.82) is 0 Å². The molecule has 0 atom stereocenters. The van der Waals surface area contributed by atoms with E-state index in [1.165, 1.54) is 39.2 Å². The number of hydrogen-bond acceptors (Lipinski definition) is 1. The molecule has 4 rings (SSSR count). The minimum atomic E-state index is -2.47. The molecule has 1 aliphatic heterocycles. The summed E-state index contributed by atoms with van der Waals surface area (Å²) in [5.41, 5.74) is 9.52. The summed E-state index contributed by atoms with van der Waals surface area (Å²) in [4.78, 5) is 2.22. The number of nitrogens with zero attached hydrogens (tertiary/aromatic N) is 2. The van der Waals surface area contributed by atoms with Crippen molar-refractivity contribution in [2.75, 3.05) is 33.1 Å². The first-order valence-electron chi connectivity index (χ1n) is 10.3. The SMILES string of the molecule is Cc1ccccc1C1=C2C=CC(=[N+](C)C)C=[C]2[Ge]([CH3])([CH3])[c]2cc(N(C)C)ccc21. The standard InChI is InChI=1S/C26H31GeN2/c1-18-10-8-9-11-21(18)26-22-14-12-19(28(4)5)16-24(22)27(2,3)25-17-20(29(6)7)13-15-23(25)26/h8-17H,1-7H3/q+1. The van der Waals surface area contributed by atoms with Crippen molar-refractivity contribution in [3.05, 3.63) is 87.4 Å². The Morgan fingerprint density at radius 3 is 2.28 bits per heavy atom. The molecule has 1 aliphatic carbocycles. The van der Waals surface area contributed by atoms with E-state index in [0.29, 0.717) is 0 Å². The van der Waals surface area contributed by atoms with Gasteiger partial charge in [-0.25, -0.2) is 0 Å². The van der Waals surface area contributed by atoms with Gasteiger partial charge >= 0.3 is 178 Å². The van der Waals surface area contributed by atoms with E-state index in [4.69, 9.17) is 0 Å². The zero-order valence-corrected chi connectivity index (χ0v) is 20.8. The van der Waals surface area contributed by atoms with Crippen LogP contribution < -0.4 is 9.30 Å². The van der Waals surface area contributed by atoms with Crippen molar-refractivity contribution in [3.63, 3.8) is 0 Å². The number of anilines is 1. The second-order valence-corrected chi connectivity index (χ2v) is 18.1. The summed E-state index contributed by atoms with van der Waals surface area (Å²) in [6, 6.07) is 15.9. The van der Waals surface area contributed by atoms with Crippen LogP contribution in [0.3, 0.4) is 0 Å². The number of aryl methyl sites for hydroxylation is 1. The quantitative estimate of drug-likeness (QED) is 0.487. The van der Waals surface area contributed by atoms with Crippen LogP contribution in [0.1, 0.15) is 16.7 Å². The van der Waals surface area contributed by atoms with Crippen molar-refractivity contribution < 1.29 is 4.58 Å². The fraction of sp³-hybridized carbons (Fsp3) is 0.269. The van der Waals surface area contributed by atoms with Gasteiger partial charge in [0.15, 0.2) is 0 Å². The average Bonchev–Trinajstić information content (AvgIpc) is 2.69. The second-order valence-electron chi connectivity index (χ2n) is 9.06. The van der Waals surface area contributed by atoms with Crippen LogP contribution in [0.2, 0.25) is 11.5 Å².